The van der Waals surface area contributed by atoms with E-state index < -0.39 is 0 Å². The Bertz CT molecular complexity index is 816. The van der Waals surface area contributed by atoms with Crippen molar-refractivity contribution in [3.8, 4) is 0 Å². The molecule has 2 saturated heterocycles. The number of para-hydroxylation sites is 1. The van der Waals surface area contributed by atoms with Crippen LogP contribution >= 0.6 is 0 Å². The summed E-state index contributed by atoms with van der Waals surface area (Å²) in [6, 6.07) is 6.99. The number of guanidine groups is 1. The summed E-state index contributed by atoms with van der Waals surface area (Å²) in [4.78, 5) is 10.5. The van der Waals surface area contributed by atoms with Crippen molar-refractivity contribution in [2.75, 3.05) is 46.4 Å². The van der Waals surface area contributed by atoms with Gasteiger partial charge in [-0.1, -0.05) is 18.2 Å². The van der Waals surface area contributed by atoms with Crippen LogP contribution in [0.4, 0.5) is 0 Å². The Kier molecular flexibility index (Phi) is 6.72. The van der Waals surface area contributed by atoms with Gasteiger partial charge < -0.3 is 25.3 Å². The maximum atomic E-state index is 5.52. The van der Waals surface area contributed by atoms with E-state index >= 15 is 0 Å². The van der Waals surface area contributed by atoms with Crippen LogP contribution in [0.1, 0.15) is 30.4 Å². The van der Waals surface area contributed by atoms with Crippen LogP contribution in [0, 0.1) is 12.8 Å². The largest absolute Gasteiger partial charge is 0.381 e. The zero-order chi connectivity index (χ0) is 20.1. The van der Waals surface area contributed by atoms with Crippen molar-refractivity contribution >= 4 is 16.9 Å². The van der Waals surface area contributed by atoms with Crippen molar-refractivity contribution in [2.24, 2.45) is 10.9 Å². The van der Waals surface area contributed by atoms with Gasteiger partial charge in [-0.2, -0.15) is 0 Å². The molecular formula is C23H35N5O. The maximum absolute atomic E-state index is 5.52. The first-order chi connectivity index (χ1) is 14.2. The topological polar surface area (TPSA) is 64.7 Å². The average molecular weight is 398 g/mol. The molecule has 0 bridgehead atoms. The fourth-order valence-corrected chi connectivity index (χ4v) is 4.63. The summed E-state index contributed by atoms with van der Waals surface area (Å²) in [5, 5.41) is 8.45. The fraction of sp³-hybridized carbons (Fsp3) is 0.609. The first-order valence-corrected chi connectivity index (χ1v) is 11.1. The highest BCUT2D eigenvalue weighted by molar-refractivity contribution is 5.86. The SMILES string of the molecule is CN=C(NCCc1c[nH]c2c(C)cccc12)NC1CCN(CC2CCOC2)CC1. The van der Waals surface area contributed by atoms with Crippen LogP contribution in [-0.2, 0) is 11.2 Å². The standard InChI is InChI=1S/C23H35N5O/c1-17-4-3-5-21-19(14-26-22(17)21)6-10-25-23(24-2)27-20-7-11-28(12-8-20)15-18-9-13-29-16-18/h3-5,14,18,20,26H,6-13,15-16H2,1-2H3,(H2,24,25,27). The summed E-state index contributed by atoms with van der Waals surface area (Å²) >= 11 is 0. The van der Waals surface area contributed by atoms with E-state index in [1.54, 1.807) is 0 Å². The minimum absolute atomic E-state index is 0.507. The van der Waals surface area contributed by atoms with Gasteiger partial charge in [0.2, 0.25) is 0 Å². The summed E-state index contributed by atoms with van der Waals surface area (Å²) in [7, 11) is 1.86. The third-order valence-corrected chi connectivity index (χ3v) is 6.39. The summed E-state index contributed by atoms with van der Waals surface area (Å²) in [6.07, 6.45) is 6.70. The summed E-state index contributed by atoms with van der Waals surface area (Å²) in [5.41, 5.74) is 3.91. The molecule has 1 aromatic heterocycles. The average Bonchev–Trinajstić information content (AvgIpc) is 3.39. The predicted molar refractivity (Wildman–Crippen MR) is 120 cm³/mol. The molecule has 0 aliphatic carbocycles. The molecule has 158 valence electrons. The molecule has 0 radical (unpaired) electrons. The molecule has 6 nitrogen and oxygen atoms in total. The Hall–Kier alpha value is -2.05. The predicted octanol–water partition coefficient (Wildman–Crippen LogP) is 2.68. The van der Waals surface area contributed by atoms with Gasteiger partial charge in [-0.05, 0) is 49.7 Å². The number of benzene rings is 1. The number of aliphatic imine (C=N–C) groups is 1. The highest BCUT2D eigenvalue weighted by Crippen LogP contribution is 2.21. The second-order valence-electron chi connectivity index (χ2n) is 8.51. The second-order valence-corrected chi connectivity index (χ2v) is 8.51. The van der Waals surface area contributed by atoms with E-state index in [2.05, 4.69) is 56.8 Å². The molecule has 3 heterocycles. The molecule has 1 atom stereocenters. The zero-order valence-corrected chi connectivity index (χ0v) is 17.8. The summed E-state index contributed by atoms with van der Waals surface area (Å²) < 4.78 is 5.52. The van der Waals surface area contributed by atoms with Crippen molar-refractivity contribution in [3.05, 3.63) is 35.5 Å². The van der Waals surface area contributed by atoms with Gasteiger partial charge in [-0.25, -0.2) is 0 Å². The van der Waals surface area contributed by atoms with E-state index in [-0.39, 0.29) is 0 Å². The second kappa shape index (κ2) is 9.63. The van der Waals surface area contributed by atoms with E-state index in [9.17, 15) is 0 Å². The van der Waals surface area contributed by atoms with Gasteiger partial charge >= 0.3 is 0 Å². The Morgan fingerprint density at radius 2 is 2.14 bits per heavy atom. The van der Waals surface area contributed by atoms with E-state index in [4.69, 9.17) is 4.74 Å². The van der Waals surface area contributed by atoms with Crippen LogP contribution in [-0.4, -0.2) is 68.3 Å². The number of nitrogens with zero attached hydrogens (tertiary/aromatic N) is 2. The molecule has 1 unspecified atom stereocenters. The Balaban J connectivity index is 1.20. The van der Waals surface area contributed by atoms with Gasteiger partial charge in [-0.3, -0.25) is 4.99 Å². The van der Waals surface area contributed by atoms with E-state index in [0.717, 1.165) is 38.1 Å². The molecule has 2 aliphatic heterocycles. The number of rotatable bonds is 6. The van der Waals surface area contributed by atoms with Gasteiger partial charge in [0.15, 0.2) is 5.96 Å². The molecule has 3 N–H and O–H groups in total. The van der Waals surface area contributed by atoms with Gasteiger partial charge in [0.05, 0.1) is 6.61 Å². The first kappa shape index (κ1) is 20.2. The molecule has 0 amide bonds. The molecule has 2 fully saturated rings. The number of H-pyrrole nitrogens is 1. The molecule has 2 aromatic rings. The number of fused-ring (bicyclic) bond motifs is 1. The zero-order valence-electron chi connectivity index (χ0n) is 17.8. The lowest BCUT2D eigenvalue weighted by molar-refractivity contribution is 0.150. The third kappa shape index (κ3) is 5.11. The monoisotopic (exact) mass is 397 g/mol. The lowest BCUT2D eigenvalue weighted by Crippen LogP contribution is -2.49. The van der Waals surface area contributed by atoms with Crippen LogP contribution < -0.4 is 10.6 Å². The molecule has 2 aliphatic rings. The number of aromatic amines is 1. The Morgan fingerprint density at radius 1 is 1.28 bits per heavy atom. The first-order valence-electron chi connectivity index (χ1n) is 11.1. The minimum Gasteiger partial charge on any atom is -0.381 e. The number of piperidine rings is 1. The number of aromatic nitrogens is 1. The van der Waals surface area contributed by atoms with Crippen LogP contribution in [0.2, 0.25) is 0 Å². The van der Waals surface area contributed by atoms with Crippen molar-refractivity contribution in [3.63, 3.8) is 0 Å². The summed E-state index contributed by atoms with van der Waals surface area (Å²) in [5.74, 6) is 1.66. The quantitative estimate of drug-likeness (QED) is 0.518. The van der Waals surface area contributed by atoms with E-state index in [1.165, 1.54) is 60.9 Å². The molecule has 6 heteroatoms. The highest BCUT2D eigenvalue weighted by Gasteiger charge is 2.24. The Morgan fingerprint density at radius 3 is 2.90 bits per heavy atom. The third-order valence-electron chi connectivity index (χ3n) is 6.39. The summed E-state index contributed by atoms with van der Waals surface area (Å²) in [6.45, 7) is 8.46. The number of hydrogen-bond acceptors (Lipinski definition) is 3. The van der Waals surface area contributed by atoms with Gasteiger partial charge in [0, 0.05) is 63.0 Å². The number of hydrogen-bond donors (Lipinski definition) is 3. The fourth-order valence-electron chi connectivity index (χ4n) is 4.63. The highest BCUT2D eigenvalue weighted by atomic mass is 16.5. The number of aryl methyl sites for hydroxylation is 1. The number of nitrogens with one attached hydrogen (secondary N) is 3. The van der Waals surface area contributed by atoms with Crippen molar-refractivity contribution < 1.29 is 4.74 Å². The van der Waals surface area contributed by atoms with Crippen molar-refractivity contribution in [1.82, 2.24) is 20.5 Å². The Labute approximate surface area is 174 Å². The molecule has 29 heavy (non-hydrogen) atoms. The normalized spacial score (nSPS) is 21.7. The lowest BCUT2D eigenvalue weighted by Gasteiger charge is -2.34. The molecular weight excluding hydrogens is 362 g/mol. The smallest absolute Gasteiger partial charge is 0.191 e. The van der Waals surface area contributed by atoms with Crippen molar-refractivity contribution in [2.45, 2.75) is 38.6 Å². The maximum Gasteiger partial charge on any atom is 0.191 e. The number of likely N-dealkylation sites (tertiary alicyclic amines) is 1. The van der Waals surface area contributed by atoms with Crippen LogP contribution in [0.15, 0.2) is 29.4 Å². The van der Waals surface area contributed by atoms with Gasteiger partial charge in [0.25, 0.3) is 0 Å². The van der Waals surface area contributed by atoms with E-state index in [1.807, 2.05) is 7.05 Å². The van der Waals surface area contributed by atoms with Crippen molar-refractivity contribution in [1.29, 1.82) is 0 Å². The number of ether oxygens (including phenoxy) is 1. The molecule has 1 aromatic carbocycles. The van der Waals surface area contributed by atoms with Crippen LogP contribution in [0.25, 0.3) is 10.9 Å². The lowest BCUT2D eigenvalue weighted by atomic mass is 10.0. The van der Waals surface area contributed by atoms with E-state index in [0.29, 0.717) is 6.04 Å². The molecule has 0 saturated carbocycles. The van der Waals surface area contributed by atoms with Gasteiger partial charge in [-0.15, -0.1) is 0 Å². The van der Waals surface area contributed by atoms with Crippen LogP contribution in [0.3, 0.4) is 0 Å². The molecule has 4 rings (SSSR count). The van der Waals surface area contributed by atoms with Crippen LogP contribution in [0.5, 0.6) is 0 Å². The minimum atomic E-state index is 0.507. The van der Waals surface area contributed by atoms with Gasteiger partial charge in [0.1, 0.15) is 0 Å². The molecule has 0 spiro atoms.